The zero-order chi connectivity index (χ0) is 19.2. The van der Waals surface area contributed by atoms with E-state index in [9.17, 15) is 13.2 Å². The first-order valence-electron chi connectivity index (χ1n) is 8.10. The standard InChI is InChI=1S/C18H21ClN2O4S/c1-3-25-15-8-10-16(11-9-15)26(23,24)20-12-13-21(14(2)22)18-7-5-4-6-17(18)19/h4-11,20H,3,12-13H2,1-2H3. The van der Waals surface area contributed by atoms with E-state index in [1.54, 1.807) is 36.4 Å². The Morgan fingerprint density at radius 2 is 1.81 bits per heavy atom. The highest BCUT2D eigenvalue weighted by atomic mass is 35.5. The van der Waals surface area contributed by atoms with Crippen LogP contribution in [0.1, 0.15) is 13.8 Å². The number of sulfonamides is 1. The molecule has 0 spiro atoms. The van der Waals surface area contributed by atoms with Crippen LogP contribution in [0.15, 0.2) is 53.4 Å². The number of ether oxygens (including phenoxy) is 1. The fourth-order valence-electron chi connectivity index (χ4n) is 2.37. The van der Waals surface area contributed by atoms with Gasteiger partial charge in [0, 0.05) is 20.0 Å². The fourth-order valence-corrected chi connectivity index (χ4v) is 3.63. The van der Waals surface area contributed by atoms with Crippen molar-refractivity contribution in [1.82, 2.24) is 4.72 Å². The third-order valence-electron chi connectivity index (χ3n) is 3.60. The van der Waals surface area contributed by atoms with Crippen LogP contribution < -0.4 is 14.4 Å². The molecule has 0 radical (unpaired) electrons. The summed E-state index contributed by atoms with van der Waals surface area (Å²) in [7, 11) is -3.68. The molecule has 8 heteroatoms. The number of halogens is 1. The number of carbonyl (C=O) groups is 1. The number of hydrogen-bond donors (Lipinski definition) is 1. The van der Waals surface area contributed by atoms with Crippen molar-refractivity contribution in [3.05, 3.63) is 53.6 Å². The molecular weight excluding hydrogens is 376 g/mol. The van der Waals surface area contributed by atoms with Gasteiger partial charge >= 0.3 is 0 Å². The molecule has 2 aromatic rings. The predicted molar refractivity (Wildman–Crippen MR) is 102 cm³/mol. The van der Waals surface area contributed by atoms with Crippen molar-refractivity contribution in [2.75, 3.05) is 24.6 Å². The Hall–Kier alpha value is -2.09. The molecule has 0 aliphatic rings. The molecule has 0 aliphatic heterocycles. The summed E-state index contributed by atoms with van der Waals surface area (Å²) in [6, 6.07) is 13.1. The SMILES string of the molecule is CCOc1ccc(S(=O)(=O)NCCN(C(C)=O)c2ccccc2Cl)cc1. The van der Waals surface area contributed by atoms with Crippen LogP contribution in [0.25, 0.3) is 0 Å². The Balaban J connectivity index is 2.04. The second-order valence-electron chi connectivity index (χ2n) is 5.42. The normalized spacial score (nSPS) is 11.2. The summed E-state index contributed by atoms with van der Waals surface area (Å²) in [5.74, 6) is 0.381. The first-order chi connectivity index (χ1) is 12.3. The molecule has 0 aliphatic carbocycles. The largest absolute Gasteiger partial charge is 0.494 e. The van der Waals surface area contributed by atoms with Crippen molar-refractivity contribution in [2.24, 2.45) is 0 Å². The predicted octanol–water partition coefficient (Wildman–Crippen LogP) is 3.07. The fraction of sp³-hybridized carbons (Fsp3) is 0.278. The molecule has 0 unspecified atom stereocenters. The van der Waals surface area contributed by atoms with Crippen molar-refractivity contribution in [2.45, 2.75) is 18.7 Å². The Morgan fingerprint density at radius 3 is 2.38 bits per heavy atom. The van der Waals surface area contributed by atoms with Crippen LogP contribution >= 0.6 is 11.6 Å². The lowest BCUT2D eigenvalue weighted by atomic mass is 10.3. The smallest absolute Gasteiger partial charge is 0.240 e. The van der Waals surface area contributed by atoms with Crippen LogP contribution in [0.3, 0.4) is 0 Å². The average Bonchev–Trinajstić information content (AvgIpc) is 2.60. The summed E-state index contributed by atoms with van der Waals surface area (Å²) < 4.78 is 32.5. The lowest BCUT2D eigenvalue weighted by molar-refractivity contribution is -0.116. The highest BCUT2D eigenvalue weighted by molar-refractivity contribution is 7.89. The first-order valence-corrected chi connectivity index (χ1v) is 9.96. The van der Waals surface area contributed by atoms with Gasteiger partial charge < -0.3 is 9.64 Å². The zero-order valence-corrected chi connectivity index (χ0v) is 16.2. The molecule has 1 N–H and O–H groups in total. The Kier molecular flexibility index (Phi) is 7.02. The highest BCUT2D eigenvalue weighted by Gasteiger charge is 2.17. The summed E-state index contributed by atoms with van der Waals surface area (Å²) in [6.07, 6.45) is 0. The topological polar surface area (TPSA) is 75.7 Å². The van der Waals surface area contributed by atoms with Gasteiger partial charge in [0.2, 0.25) is 15.9 Å². The summed E-state index contributed by atoms with van der Waals surface area (Å²) in [4.78, 5) is 13.5. The second-order valence-corrected chi connectivity index (χ2v) is 7.60. The van der Waals surface area contributed by atoms with Gasteiger partial charge in [0.1, 0.15) is 5.75 Å². The van der Waals surface area contributed by atoms with Crippen molar-refractivity contribution in [1.29, 1.82) is 0 Å². The molecule has 0 saturated heterocycles. The minimum atomic E-state index is -3.68. The number of hydrogen-bond acceptors (Lipinski definition) is 4. The van der Waals surface area contributed by atoms with Crippen molar-refractivity contribution >= 4 is 33.2 Å². The van der Waals surface area contributed by atoms with E-state index in [2.05, 4.69) is 4.72 Å². The van der Waals surface area contributed by atoms with Crippen LogP contribution in [0.4, 0.5) is 5.69 Å². The van der Waals surface area contributed by atoms with E-state index >= 15 is 0 Å². The van der Waals surface area contributed by atoms with Gasteiger partial charge in [0.05, 0.1) is 22.2 Å². The van der Waals surface area contributed by atoms with Gasteiger partial charge in [-0.1, -0.05) is 23.7 Å². The van der Waals surface area contributed by atoms with E-state index < -0.39 is 10.0 Å². The molecule has 0 bridgehead atoms. The summed E-state index contributed by atoms with van der Waals surface area (Å²) in [5, 5.41) is 0.428. The van der Waals surface area contributed by atoms with Gasteiger partial charge in [-0.2, -0.15) is 0 Å². The summed E-state index contributed by atoms with van der Waals surface area (Å²) in [6.45, 7) is 3.99. The molecular formula is C18H21ClN2O4S. The molecule has 0 saturated carbocycles. The van der Waals surface area contributed by atoms with Gasteiger partial charge in [-0.3, -0.25) is 4.79 Å². The Bertz CT molecular complexity index is 854. The van der Waals surface area contributed by atoms with Gasteiger partial charge in [0.25, 0.3) is 0 Å². The quantitative estimate of drug-likeness (QED) is 0.744. The molecule has 2 rings (SSSR count). The van der Waals surface area contributed by atoms with E-state index in [0.29, 0.717) is 23.1 Å². The molecule has 0 heterocycles. The Morgan fingerprint density at radius 1 is 1.15 bits per heavy atom. The minimum absolute atomic E-state index is 0.0559. The number of rotatable bonds is 8. The van der Waals surface area contributed by atoms with Gasteiger partial charge in [-0.05, 0) is 43.3 Å². The van der Waals surface area contributed by atoms with Crippen LogP contribution in [0.5, 0.6) is 5.75 Å². The summed E-state index contributed by atoms with van der Waals surface area (Å²) >= 11 is 6.12. The molecule has 26 heavy (non-hydrogen) atoms. The molecule has 2 aromatic carbocycles. The van der Waals surface area contributed by atoms with Crippen LogP contribution in [-0.4, -0.2) is 34.0 Å². The lowest BCUT2D eigenvalue weighted by Crippen LogP contribution is -2.37. The number of nitrogens with zero attached hydrogens (tertiary/aromatic N) is 1. The maximum Gasteiger partial charge on any atom is 0.240 e. The number of carbonyl (C=O) groups excluding carboxylic acids is 1. The molecule has 0 aromatic heterocycles. The average molecular weight is 397 g/mol. The van der Waals surface area contributed by atoms with Crippen molar-refractivity contribution < 1.29 is 17.9 Å². The van der Waals surface area contributed by atoms with Crippen LogP contribution in [0.2, 0.25) is 5.02 Å². The minimum Gasteiger partial charge on any atom is -0.494 e. The van der Waals surface area contributed by atoms with E-state index in [0.717, 1.165) is 0 Å². The number of nitrogens with one attached hydrogen (secondary N) is 1. The highest BCUT2D eigenvalue weighted by Crippen LogP contribution is 2.25. The van der Waals surface area contributed by atoms with Gasteiger partial charge in [-0.15, -0.1) is 0 Å². The number of anilines is 1. The van der Waals surface area contributed by atoms with E-state index in [4.69, 9.17) is 16.3 Å². The van der Waals surface area contributed by atoms with Gasteiger partial charge in [-0.25, -0.2) is 13.1 Å². The zero-order valence-electron chi connectivity index (χ0n) is 14.6. The molecule has 0 atom stereocenters. The van der Waals surface area contributed by atoms with E-state index in [1.807, 2.05) is 6.92 Å². The van der Waals surface area contributed by atoms with E-state index in [-0.39, 0.29) is 23.9 Å². The third kappa shape index (κ3) is 5.20. The third-order valence-corrected chi connectivity index (χ3v) is 5.39. The first kappa shape index (κ1) is 20.2. The second kappa shape index (κ2) is 9.02. The Labute approximate surface area is 158 Å². The lowest BCUT2D eigenvalue weighted by Gasteiger charge is -2.22. The number of amides is 1. The maximum atomic E-state index is 12.4. The number of para-hydroxylation sites is 1. The molecule has 1 amide bonds. The van der Waals surface area contributed by atoms with Crippen molar-refractivity contribution in [3.63, 3.8) is 0 Å². The molecule has 140 valence electrons. The van der Waals surface area contributed by atoms with Crippen LogP contribution in [-0.2, 0) is 14.8 Å². The number of benzene rings is 2. The monoisotopic (exact) mass is 396 g/mol. The van der Waals surface area contributed by atoms with E-state index in [1.165, 1.54) is 24.0 Å². The van der Waals surface area contributed by atoms with Gasteiger partial charge in [0.15, 0.2) is 0 Å². The van der Waals surface area contributed by atoms with Crippen molar-refractivity contribution in [3.8, 4) is 5.75 Å². The van der Waals surface area contributed by atoms with Crippen LogP contribution in [0, 0.1) is 0 Å². The molecule has 6 nitrogen and oxygen atoms in total. The summed E-state index contributed by atoms with van der Waals surface area (Å²) in [5.41, 5.74) is 0.543. The molecule has 0 fully saturated rings. The maximum absolute atomic E-state index is 12.4.